The molecular formula is C12H12ClNO4. The van der Waals surface area contributed by atoms with Crippen LogP contribution in [0.3, 0.4) is 0 Å². The highest BCUT2D eigenvalue weighted by atomic mass is 35.5. The number of benzene rings is 1. The maximum atomic E-state index is 11.3. The van der Waals surface area contributed by atoms with Gasteiger partial charge in [-0.1, -0.05) is 11.6 Å². The van der Waals surface area contributed by atoms with Gasteiger partial charge in [0.25, 0.3) is 0 Å². The van der Waals surface area contributed by atoms with Crippen LogP contribution in [-0.4, -0.2) is 31.0 Å². The fraction of sp³-hybridized carbons (Fsp3) is 0.250. The van der Waals surface area contributed by atoms with E-state index in [9.17, 15) is 4.79 Å². The van der Waals surface area contributed by atoms with E-state index in [2.05, 4.69) is 5.32 Å². The Morgan fingerprint density at radius 3 is 3.11 bits per heavy atom. The molecule has 1 amide bonds. The van der Waals surface area contributed by atoms with Crippen molar-refractivity contribution in [3.05, 3.63) is 28.8 Å². The van der Waals surface area contributed by atoms with Crippen molar-refractivity contribution < 1.29 is 19.4 Å². The highest BCUT2D eigenvalue weighted by Crippen LogP contribution is 2.39. The van der Waals surface area contributed by atoms with Crippen molar-refractivity contribution in [2.45, 2.75) is 0 Å². The molecule has 1 aromatic carbocycles. The molecule has 1 aliphatic rings. The lowest BCUT2D eigenvalue weighted by molar-refractivity contribution is -0.116. The molecule has 1 aliphatic heterocycles. The van der Waals surface area contributed by atoms with Crippen LogP contribution in [0.15, 0.2) is 18.2 Å². The number of hydrogen-bond acceptors (Lipinski definition) is 4. The summed E-state index contributed by atoms with van der Waals surface area (Å²) in [6, 6.07) is 3.43. The van der Waals surface area contributed by atoms with E-state index in [0.29, 0.717) is 16.5 Å². The topological polar surface area (TPSA) is 67.8 Å². The molecular weight excluding hydrogens is 258 g/mol. The average Bonchev–Trinajstić information content (AvgIpc) is 2.82. The number of hydrogen-bond donors (Lipinski definition) is 2. The Labute approximate surface area is 109 Å². The molecule has 1 aromatic rings. The van der Waals surface area contributed by atoms with Crippen LogP contribution in [0.2, 0.25) is 5.02 Å². The summed E-state index contributed by atoms with van der Waals surface area (Å²) >= 11 is 6.00. The Balaban J connectivity index is 2.08. The summed E-state index contributed by atoms with van der Waals surface area (Å²) in [5, 5.41) is 11.5. The van der Waals surface area contributed by atoms with Crippen LogP contribution < -0.4 is 14.8 Å². The molecule has 0 atom stereocenters. The van der Waals surface area contributed by atoms with E-state index in [1.807, 2.05) is 0 Å². The first-order valence-electron chi connectivity index (χ1n) is 5.36. The lowest BCUT2D eigenvalue weighted by atomic mass is 10.2. The van der Waals surface area contributed by atoms with Gasteiger partial charge in [0.05, 0.1) is 11.6 Å². The number of nitrogens with one attached hydrogen (secondary N) is 1. The quantitative estimate of drug-likeness (QED) is 0.806. The zero-order chi connectivity index (χ0) is 13.0. The van der Waals surface area contributed by atoms with Gasteiger partial charge in [0, 0.05) is 12.6 Å². The largest absolute Gasteiger partial charge is 0.454 e. The molecule has 2 N–H and O–H groups in total. The maximum Gasteiger partial charge on any atom is 0.244 e. The van der Waals surface area contributed by atoms with Gasteiger partial charge in [-0.15, -0.1) is 0 Å². The lowest BCUT2D eigenvalue weighted by Gasteiger charge is -2.01. The number of halogens is 1. The van der Waals surface area contributed by atoms with Crippen molar-refractivity contribution in [3.8, 4) is 11.5 Å². The molecule has 0 fully saturated rings. The zero-order valence-corrected chi connectivity index (χ0v) is 10.2. The Morgan fingerprint density at radius 2 is 2.33 bits per heavy atom. The molecule has 0 spiro atoms. The summed E-state index contributed by atoms with van der Waals surface area (Å²) in [6.07, 6.45) is 2.98. The predicted octanol–water partition coefficient (Wildman–Crippen LogP) is 1.19. The van der Waals surface area contributed by atoms with Crippen LogP contribution in [0.25, 0.3) is 6.08 Å². The van der Waals surface area contributed by atoms with Gasteiger partial charge in [0.1, 0.15) is 0 Å². The highest BCUT2D eigenvalue weighted by molar-refractivity contribution is 6.32. The zero-order valence-electron chi connectivity index (χ0n) is 9.48. The number of carbonyl (C=O) groups excluding carboxylic acids is 1. The van der Waals surface area contributed by atoms with Gasteiger partial charge in [-0.25, -0.2) is 0 Å². The van der Waals surface area contributed by atoms with E-state index >= 15 is 0 Å². The Bertz CT molecular complexity index is 487. The van der Waals surface area contributed by atoms with E-state index in [1.165, 1.54) is 6.08 Å². The van der Waals surface area contributed by atoms with Gasteiger partial charge < -0.3 is 19.9 Å². The van der Waals surface area contributed by atoms with Crippen molar-refractivity contribution in [2.75, 3.05) is 19.9 Å². The van der Waals surface area contributed by atoms with Crippen LogP contribution >= 0.6 is 11.6 Å². The van der Waals surface area contributed by atoms with E-state index in [1.54, 1.807) is 18.2 Å². The van der Waals surface area contributed by atoms with E-state index < -0.39 is 0 Å². The molecule has 0 radical (unpaired) electrons. The number of rotatable bonds is 4. The third kappa shape index (κ3) is 2.94. The van der Waals surface area contributed by atoms with E-state index in [4.69, 9.17) is 26.2 Å². The first-order valence-corrected chi connectivity index (χ1v) is 5.74. The minimum Gasteiger partial charge on any atom is -0.454 e. The molecule has 0 bridgehead atoms. The molecule has 96 valence electrons. The molecule has 5 nitrogen and oxygen atoms in total. The molecule has 0 unspecified atom stereocenters. The number of amides is 1. The van der Waals surface area contributed by atoms with Crippen molar-refractivity contribution in [1.82, 2.24) is 5.32 Å². The van der Waals surface area contributed by atoms with Crippen molar-refractivity contribution >= 4 is 23.6 Å². The molecule has 2 rings (SSSR count). The normalized spacial score (nSPS) is 13.0. The number of fused-ring (bicyclic) bond motifs is 1. The maximum absolute atomic E-state index is 11.3. The SMILES string of the molecule is O=C(/C=C/c1cc(Cl)c2c(c1)OCO2)NCCO. The van der Waals surface area contributed by atoms with Gasteiger partial charge in [0.2, 0.25) is 12.7 Å². The molecule has 0 aromatic heterocycles. The van der Waals surface area contributed by atoms with E-state index in [0.717, 1.165) is 5.56 Å². The van der Waals surface area contributed by atoms with Crippen molar-refractivity contribution in [3.63, 3.8) is 0 Å². The van der Waals surface area contributed by atoms with Gasteiger partial charge in [-0.05, 0) is 23.8 Å². The van der Waals surface area contributed by atoms with Crippen LogP contribution in [-0.2, 0) is 4.79 Å². The molecule has 1 heterocycles. The summed E-state index contributed by atoms with van der Waals surface area (Å²) < 4.78 is 10.4. The summed E-state index contributed by atoms with van der Waals surface area (Å²) in [7, 11) is 0. The standard InChI is InChI=1S/C12H12ClNO4/c13-9-5-8(1-2-11(16)14-3-4-15)6-10-12(9)18-7-17-10/h1-2,5-6,15H,3-4,7H2,(H,14,16)/b2-1+. The number of carbonyl (C=O) groups is 1. The van der Waals surface area contributed by atoms with Gasteiger partial charge in [-0.3, -0.25) is 4.79 Å². The van der Waals surface area contributed by atoms with Gasteiger partial charge in [-0.2, -0.15) is 0 Å². The highest BCUT2D eigenvalue weighted by Gasteiger charge is 2.17. The minimum atomic E-state index is -0.280. The third-order valence-corrected chi connectivity index (χ3v) is 2.57. The van der Waals surface area contributed by atoms with Crippen LogP contribution in [0.1, 0.15) is 5.56 Å². The lowest BCUT2D eigenvalue weighted by Crippen LogP contribution is -2.24. The van der Waals surface area contributed by atoms with Gasteiger partial charge in [0.15, 0.2) is 11.5 Å². The summed E-state index contributed by atoms with van der Waals surface area (Å²) in [4.78, 5) is 11.3. The van der Waals surface area contributed by atoms with Crippen molar-refractivity contribution in [1.29, 1.82) is 0 Å². The molecule has 0 aliphatic carbocycles. The summed E-state index contributed by atoms with van der Waals surface area (Å²) in [5.41, 5.74) is 0.739. The fourth-order valence-corrected chi connectivity index (χ4v) is 1.77. The Morgan fingerprint density at radius 1 is 1.50 bits per heavy atom. The van der Waals surface area contributed by atoms with Crippen LogP contribution in [0, 0.1) is 0 Å². The second-order valence-electron chi connectivity index (χ2n) is 3.58. The summed E-state index contributed by atoms with van der Waals surface area (Å²) in [5.74, 6) is 0.814. The smallest absolute Gasteiger partial charge is 0.244 e. The fourth-order valence-electron chi connectivity index (χ4n) is 1.49. The second kappa shape index (κ2) is 5.75. The molecule has 6 heteroatoms. The minimum absolute atomic E-state index is 0.0879. The summed E-state index contributed by atoms with van der Waals surface area (Å²) in [6.45, 7) is 0.291. The van der Waals surface area contributed by atoms with Crippen LogP contribution in [0.5, 0.6) is 11.5 Å². The van der Waals surface area contributed by atoms with Gasteiger partial charge >= 0.3 is 0 Å². The number of aliphatic hydroxyl groups is 1. The van der Waals surface area contributed by atoms with E-state index in [-0.39, 0.29) is 25.9 Å². The number of aliphatic hydroxyl groups excluding tert-OH is 1. The first-order chi connectivity index (χ1) is 8.70. The molecule has 0 saturated carbocycles. The molecule has 18 heavy (non-hydrogen) atoms. The molecule has 0 saturated heterocycles. The predicted molar refractivity (Wildman–Crippen MR) is 66.7 cm³/mol. The third-order valence-electron chi connectivity index (χ3n) is 2.29. The first kappa shape index (κ1) is 12.7. The average molecular weight is 270 g/mol. The second-order valence-corrected chi connectivity index (χ2v) is 3.99. The van der Waals surface area contributed by atoms with Crippen molar-refractivity contribution in [2.24, 2.45) is 0 Å². The Kier molecular flexibility index (Phi) is 4.07. The number of ether oxygens (including phenoxy) is 2. The monoisotopic (exact) mass is 269 g/mol. The van der Waals surface area contributed by atoms with Crippen LogP contribution in [0.4, 0.5) is 0 Å². The Hall–Kier alpha value is -1.72.